The molecule has 112 valence electrons. The lowest BCUT2D eigenvalue weighted by atomic mass is 9.97. The van der Waals surface area contributed by atoms with Gasteiger partial charge in [-0.05, 0) is 39.4 Å². The van der Waals surface area contributed by atoms with Gasteiger partial charge in [-0.25, -0.2) is 0 Å². The lowest BCUT2D eigenvalue weighted by Crippen LogP contribution is -1.85. The van der Waals surface area contributed by atoms with Crippen LogP contribution in [0.25, 0.3) is 33.2 Å². The van der Waals surface area contributed by atoms with E-state index in [1.165, 1.54) is 5.39 Å². The van der Waals surface area contributed by atoms with Crippen molar-refractivity contribution >= 4 is 33.2 Å². The fraction of sp³-hybridized carbons (Fsp3) is 0. The molecule has 0 spiro atoms. The number of nitriles is 1. The first-order valence-corrected chi connectivity index (χ1v) is 7.79. The number of benzene rings is 3. The minimum atomic E-state index is 0.661. The normalized spacial score (nSPS) is 11.5. The molecule has 0 unspecified atom stereocenters. The Bertz CT molecular complexity index is 1100. The monoisotopic (exact) mass is 306 g/mol. The molecule has 4 rings (SSSR count). The molecular formula is C22H14N2. The van der Waals surface area contributed by atoms with Crippen LogP contribution in [-0.4, -0.2) is 4.98 Å². The topological polar surface area (TPSA) is 36.7 Å². The molecule has 0 saturated carbocycles. The maximum atomic E-state index is 9.56. The third kappa shape index (κ3) is 2.43. The molecule has 0 atom stereocenters. The summed E-state index contributed by atoms with van der Waals surface area (Å²) in [4.78, 5) is 4.25. The molecular weight excluding hydrogens is 292 g/mol. The summed E-state index contributed by atoms with van der Waals surface area (Å²) < 4.78 is 0. The Hall–Kier alpha value is -3.44. The molecule has 0 fully saturated rings. The van der Waals surface area contributed by atoms with Crippen molar-refractivity contribution < 1.29 is 0 Å². The van der Waals surface area contributed by atoms with Gasteiger partial charge in [-0.2, -0.15) is 5.26 Å². The van der Waals surface area contributed by atoms with Crippen LogP contribution in [0, 0.1) is 11.3 Å². The van der Waals surface area contributed by atoms with Crippen LogP contribution in [0.4, 0.5) is 0 Å². The van der Waals surface area contributed by atoms with Crippen molar-refractivity contribution in [2.45, 2.75) is 0 Å². The molecule has 0 aliphatic heterocycles. The predicted octanol–water partition coefficient (Wildman–Crippen LogP) is 5.45. The Kier molecular flexibility index (Phi) is 3.53. The van der Waals surface area contributed by atoms with Crippen molar-refractivity contribution in [1.29, 1.82) is 5.26 Å². The minimum Gasteiger partial charge on any atom is -0.264 e. The van der Waals surface area contributed by atoms with Crippen molar-refractivity contribution in [3.8, 4) is 6.07 Å². The molecule has 24 heavy (non-hydrogen) atoms. The van der Waals surface area contributed by atoms with E-state index >= 15 is 0 Å². The Balaban J connectivity index is 1.96. The number of aromatic nitrogens is 1. The molecule has 4 aromatic rings. The van der Waals surface area contributed by atoms with Gasteiger partial charge in [0.15, 0.2) is 0 Å². The highest BCUT2D eigenvalue weighted by Crippen LogP contribution is 2.29. The van der Waals surface area contributed by atoms with E-state index in [1.807, 2.05) is 60.8 Å². The van der Waals surface area contributed by atoms with Gasteiger partial charge in [-0.1, -0.05) is 60.7 Å². The number of fused-ring (bicyclic) bond motifs is 3. The van der Waals surface area contributed by atoms with Crippen LogP contribution in [0.2, 0.25) is 0 Å². The first-order valence-electron chi connectivity index (χ1n) is 7.79. The highest BCUT2D eigenvalue weighted by Gasteiger charge is 2.06. The Morgan fingerprint density at radius 1 is 0.833 bits per heavy atom. The smallest absolute Gasteiger partial charge is 0.0998 e. The van der Waals surface area contributed by atoms with Crippen LogP contribution in [-0.2, 0) is 0 Å². The van der Waals surface area contributed by atoms with Gasteiger partial charge >= 0.3 is 0 Å². The summed E-state index contributed by atoms with van der Waals surface area (Å²) in [6.07, 6.45) is 5.66. The summed E-state index contributed by atoms with van der Waals surface area (Å²) in [6.45, 7) is 0. The van der Waals surface area contributed by atoms with Crippen LogP contribution in [0.1, 0.15) is 11.1 Å². The summed E-state index contributed by atoms with van der Waals surface area (Å²) in [7, 11) is 0. The number of nitrogens with zero attached hydrogens (tertiary/aromatic N) is 2. The van der Waals surface area contributed by atoms with E-state index in [0.717, 1.165) is 27.3 Å². The van der Waals surface area contributed by atoms with E-state index in [0.29, 0.717) is 5.57 Å². The SMILES string of the molecule is N#C/C(=C/c1cccc2c1ccc1ccncc12)c1ccccc1. The molecule has 2 nitrogen and oxygen atoms in total. The summed E-state index contributed by atoms with van der Waals surface area (Å²) in [5.41, 5.74) is 2.63. The van der Waals surface area contributed by atoms with Gasteiger partial charge in [0.25, 0.3) is 0 Å². The van der Waals surface area contributed by atoms with E-state index in [9.17, 15) is 5.26 Å². The molecule has 3 aromatic carbocycles. The van der Waals surface area contributed by atoms with Crippen molar-refractivity contribution in [2.75, 3.05) is 0 Å². The predicted molar refractivity (Wildman–Crippen MR) is 99.2 cm³/mol. The highest BCUT2D eigenvalue weighted by molar-refractivity contribution is 6.10. The van der Waals surface area contributed by atoms with Gasteiger partial charge in [0.1, 0.15) is 0 Å². The molecule has 0 bridgehead atoms. The lowest BCUT2D eigenvalue weighted by molar-refractivity contribution is 1.37. The van der Waals surface area contributed by atoms with Gasteiger partial charge < -0.3 is 0 Å². The molecule has 0 aliphatic carbocycles. The Morgan fingerprint density at radius 3 is 2.54 bits per heavy atom. The van der Waals surface area contributed by atoms with Crippen LogP contribution in [0.3, 0.4) is 0 Å². The number of hydrogen-bond donors (Lipinski definition) is 0. The van der Waals surface area contributed by atoms with E-state index < -0.39 is 0 Å². The molecule has 2 heteroatoms. The maximum absolute atomic E-state index is 9.56. The minimum absolute atomic E-state index is 0.661. The second-order valence-corrected chi connectivity index (χ2v) is 5.64. The third-order valence-electron chi connectivity index (χ3n) is 4.22. The van der Waals surface area contributed by atoms with Crippen LogP contribution >= 0.6 is 0 Å². The molecule has 0 amide bonds. The zero-order valence-corrected chi connectivity index (χ0v) is 13.0. The Morgan fingerprint density at radius 2 is 1.71 bits per heavy atom. The van der Waals surface area contributed by atoms with E-state index in [1.54, 1.807) is 6.20 Å². The summed E-state index contributed by atoms with van der Waals surface area (Å²) >= 11 is 0. The zero-order chi connectivity index (χ0) is 16.4. The first kappa shape index (κ1) is 14.2. The molecule has 0 aliphatic rings. The largest absolute Gasteiger partial charge is 0.264 e. The van der Waals surface area contributed by atoms with Crippen molar-refractivity contribution in [2.24, 2.45) is 0 Å². The molecule has 0 saturated heterocycles. The maximum Gasteiger partial charge on any atom is 0.0998 e. The second-order valence-electron chi connectivity index (χ2n) is 5.64. The first-order chi connectivity index (χ1) is 11.9. The second kappa shape index (κ2) is 5.98. The van der Waals surface area contributed by atoms with Crippen molar-refractivity contribution in [3.05, 3.63) is 90.3 Å². The molecule has 1 heterocycles. The average molecular weight is 306 g/mol. The number of pyridine rings is 1. The fourth-order valence-electron chi connectivity index (χ4n) is 3.03. The van der Waals surface area contributed by atoms with Gasteiger partial charge in [-0.15, -0.1) is 0 Å². The number of rotatable bonds is 2. The van der Waals surface area contributed by atoms with Crippen molar-refractivity contribution in [1.82, 2.24) is 4.98 Å². The number of allylic oxidation sites excluding steroid dienone is 1. The molecule has 0 radical (unpaired) electrons. The number of hydrogen-bond acceptors (Lipinski definition) is 2. The summed E-state index contributed by atoms with van der Waals surface area (Å²) in [5.74, 6) is 0. The fourth-order valence-corrected chi connectivity index (χ4v) is 3.03. The van der Waals surface area contributed by atoms with Gasteiger partial charge in [0.05, 0.1) is 11.6 Å². The van der Waals surface area contributed by atoms with Crippen molar-refractivity contribution in [3.63, 3.8) is 0 Å². The quantitative estimate of drug-likeness (QED) is 0.280. The molecule has 0 N–H and O–H groups in total. The van der Waals surface area contributed by atoms with Crippen LogP contribution in [0.15, 0.2) is 79.1 Å². The highest BCUT2D eigenvalue weighted by atomic mass is 14.6. The molecule has 1 aromatic heterocycles. The van der Waals surface area contributed by atoms with E-state index in [2.05, 4.69) is 29.3 Å². The summed E-state index contributed by atoms with van der Waals surface area (Å²) in [5, 5.41) is 14.1. The lowest BCUT2D eigenvalue weighted by Gasteiger charge is -2.07. The van der Waals surface area contributed by atoms with Crippen LogP contribution < -0.4 is 0 Å². The van der Waals surface area contributed by atoms with Gasteiger partial charge in [0, 0.05) is 17.8 Å². The van der Waals surface area contributed by atoms with E-state index in [-0.39, 0.29) is 0 Å². The van der Waals surface area contributed by atoms with E-state index in [4.69, 9.17) is 0 Å². The van der Waals surface area contributed by atoms with Gasteiger partial charge in [0.2, 0.25) is 0 Å². The third-order valence-corrected chi connectivity index (χ3v) is 4.22. The zero-order valence-electron chi connectivity index (χ0n) is 13.0. The average Bonchev–Trinajstić information content (AvgIpc) is 2.66. The standard InChI is InChI=1S/C22H14N2/c23-14-19(16-5-2-1-3-6-16)13-18-7-4-8-21-20(18)10-9-17-11-12-24-15-22(17)21/h1-13,15H/b19-13-. The van der Waals surface area contributed by atoms with Crippen LogP contribution in [0.5, 0.6) is 0 Å². The Labute approximate surface area is 140 Å². The van der Waals surface area contributed by atoms with Gasteiger partial charge in [-0.3, -0.25) is 4.98 Å². The summed E-state index contributed by atoms with van der Waals surface area (Å²) in [6, 6.07) is 24.5.